The van der Waals surface area contributed by atoms with Crippen LogP contribution in [0.5, 0.6) is 0 Å². The van der Waals surface area contributed by atoms with Crippen LogP contribution in [-0.4, -0.2) is 24.5 Å². The van der Waals surface area contributed by atoms with Crippen molar-refractivity contribution in [3.8, 4) is 0 Å². The third kappa shape index (κ3) is 3.37. The number of thiophene rings is 1. The van der Waals surface area contributed by atoms with Gasteiger partial charge in [-0.25, -0.2) is 4.79 Å². The van der Waals surface area contributed by atoms with Gasteiger partial charge in [0.2, 0.25) is 5.91 Å². The molecule has 0 fully saturated rings. The van der Waals surface area contributed by atoms with Gasteiger partial charge in [-0.2, -0.15) is 0 Å². The van der Waals surface area contributed by atoms with Gasteiger partial charge >= 0.3 is 5.97 Å². The van der Waals surface area contributed by atoms with Crippen molar-refractivity contribution in [2.24, 2.45) is 5.73 Å². The average Bonchev–Trinajstić information content (AvgIpc) is 2.64. The number of methoxy groups -OCH3 is 1. The molecule has 1 unspecified atom stereocenters. The Hall–Kier alpha value is -1.40. The maximum absolute atomic E-state index is 12.2. The van der Waals surface area contributed by atoms with E-state index >= 15 is 0 Å². The zero-order chi connectivity index (χ0) is 15.5. The van der Waals surface area contributed by atoms with Crippen molar-refractivity contribution in [1.82, 2.24) is 0 Å². The largest absolute Gasteiger partial charge is 0.465 e. The first-order chi connectivity index (χ1) is 9.24. The van der Waals surface area contributed by atoms with Crippen LogP contribution in [-0.2, 0) is 9.53 Å². The minimum atomic E-state index is -0.950. The molecule has 5 nitrogen and oxygen atoms in total. The summed E-state index contributed by atoms with van der Waals surface area (Å²) in [5.41, 5.74) is 6.29. The molecule has 1 aromatic heterocycles. The molecular formula is C14H22N2O3S. The Balaban J connectivity index is 3.07. The second-order valence-corrected chi connectivity index (χ2v) is 6.33. The Labute approximate surface area is 123 Å². The lowest BCUT2D eigenvalue weighted by atomic mass is 9.96. The Bertz CT molecular complexity index is 521. The van der Waals surface area contributed by atoms with Crippen molar-refractivity contribution in [3.63, 3.8) is 0 Å². The molecule has 1 aromatic rings. The van der Waals surface area contributed by atoms with Crippen molar-refractivity contribution in [2.45, 2.75) is 46.1 Å². The first-order valence-corrected chi connectivity index (χ1v) is 7.34. The van der Waals surface area contributed by atoms with Crippen LogP contribution >= 0.6 is 11.3 Å². The van der Waals surface area contributed by atoms with E-state index in [1.165, 1.54) is 18.4 Å². The van der Waals surface area contributed by atoms with Gasteiger partial charge in [-0.05, 0) is 32.8 Å². The number of hydrogen-bond donors (Lipinski definition) is 2. The fraction of sp³-hybridized carbons (Fsp3) is 0.571. The van der Waals surface area contributed by atoms with E-state index in [1.54, 1.807) is 6.92 Å². The standard InChI is InChI=1S/C14H22N2O3S/c1-6-7-14(4,15)13(18)16-11-10(12(17)19-5)8(2)9(3)20-11/h6-7,15H2,1-5H3,(H,16,18). The SMILES string of the molecule is CCCC(C)(N)C(=O)Nc1sc(C)c(C)c1C(=O)OC. The van der Waals surface area contributed by atoms with Gasteiger partial charge in [0, 0.05) is 4.88 Å². The lowest BCUT2D eigenvalue weighted by Crippen LogP contribution is -2.48. The summed E-state index contributed by atoms with van der Waals surface area (Å²) in [7, 11) is 1.32. The lowest BCUT2D eigenvalue weighted by molar-refractivity contribution is -0.120. The summed E-state index contributed by atoms with van der Waals surface area (Å²) in [5.74, 6) is -0.734. The number of carbonyl (C=O) groups is 2. The van der Waals surface area contributed by atoms with E-state index in [0.717, 1.165) is 16.9 Å². The molecule has 0 bridgehead atoms. The Morgan fingerprint density at radius 3 is 2.50 bits per heavy atom. The molecular weight excluding hydrogens is 276 g/mol. The van der Waals surface area contributed by atoms with E-state index in [2.05, 4.69) is 5.32 Å². The molecule has 0 saturated heterocycles. The zero-order valence-electron chi connectivity index (χ0n) is 12.6. The van der Waals surface area contributed by atoms with Gasteiger partial charge in [-0.1, -0.05) is 13.3 Å². The summed E-state index contributed by atoms with van der Waals surface area (Å²) in [5, 5.41) is 3.27. The molecule has 1 atom stereocenters. The van der Waals surface area contributed by atoms with Gasteiger partial charge in [0.25, 0.3) is 0 Å². The van der Waals surface area contributed by atoms with Crippen LogP contribution < -0.4 is 11.1 Å². The number of hydrogen-bond acceptors (Lipinski definition) is 5. The van der Waals surface area contributed by atoms with Gasteiger partial charge < -0.3 is 15.8 Å². The normalized spacial score (nSPS) is 13.7. The molecule has 1 heterocycles. The van der Waals surface area contributed by atoms with E-state index < -0.39 is 11.5 Å². The summed E-state index contributed by atoms with van der Waals surface area (Å²) in [6, 6.07) is 0. The smallest absolute Gasteiger partial charge is 0.341 e. The van der Waals surface area contributed by atoms with Crippen LogP contribution in [0.1, 0.15) is 47.5 Å². The van der Waals surface area contributed by atoms with E-state index in [-0.39, 0.29) is 5.91 Å². The highest BCUT2D eigenvalue weighted by molar-refractivity contribution is 7.16. The van der Waals surface area contributed by atoms with Gasteiger partial charge in [-0.3, -0.25) is 4.79 Å². The maximum Gasteiger partial charge on any atom is 0.341 e. The minimum Gasteiger partial charge on any atom is -0.465 e. The number of anilines is 1. The molecule has 0 spiro atoms. The monoisotopic (exact) mass is 298 g/mol. The average molecular weight is 298 g/mol. The van der Waals surface area contributed by atoms with Crippen molar-refractivity contribution >= 4 is 28.2 Å². The molecule has 3 N–H and O–H groups in total. The van der Waals surface area contributed by atoms with Crippen LogP contribution in [0.15, 0.2) is 0 Å². The molecule has 0 aliphatic carbocycles. The Morgan fingerprint density at radius 1 is 1.40 bits per heavy atom. The van der Waals surface area contributed by atoms with E-state index in [9.17, 15) is 9.59 Å². The van der Waals surface area contributed by atoms with Gasteiger partial charge in [-0.15, -0.1) is 11.3 Å². The number of ether oxygens (including phenoxy) is 1. The van der Waals surface area contributed by atoms with Crippen LogP contribution in [0.25, 0.3) is 0 Å². The quantitative estimate of drug-likeness (QED) is 0.819. The summed E-state index contributed by atoms with van der Waals surface area (Å²) in [6.07, 6.45) is 1.39. The van der Waals surface area contributed by atoms with Gasteiger partial charge in [0.1, 0.15) is 5.00 Å². The molecule has 0 aromatic carbocycles. The van der Waals surface area contributed by atoms with Crippen LogP contribution in [0.4, 0.5) is 5.00 Å². The Morgan fingerprint density at radius 2 is 2.00 bits per heavy atom. The second kappa shape index (κ2) is 6.37. The third-order valence-corrected chi connectivity index (χ3v) is 4.41. The van der Waals surface area contributed by atoms with Gasteiger partial charge in [0.05, 0.1) is 18.2 Å². The molecule has 0 aliphatic heterocycles. The minimum absolute atomic E-state index is 0.286. The zero-order valence-corrected chi connectivity index (χ0v) is 13.4. The Kier molecular flexibility index (Phi) is 5.30. The first-order valence-electron chi connectivity index (χ1n) is 6.53. The highest BCUT2D eigenvalue weighted by Gasteiger charge is 2.30. The van der Waals surface area contributed by atoms with Crippen molar-refractivity contribution in [3.05, 3.63) is 16.0 Å². The number of amides is 1. The predicted molar refractivity (Wildman–Crippen MR) is 81.3 cm³/mol. The van der Waals surface area contributed by atoms with E-state index in [4.69, 9.17) is 10.5 Å². The van der Waals surface area contributed by atoms with E-state index in [1.807, 2.05) is 20.8 Å². The van der Waals surface area contributed by atoms with Crippen molar-refractivity contribution in [1.29, 1.82) is 0 Å². The fourth-order valence-corrected chi connectivity index (χ4v) is 2.99. The maximum atomic E-state index is 12.2. The summed E-state index contributed by atoms with van der Waals surface area (Å²) < 4.78 is 4.77. The first kappa shape index (κ1) is 16.7. The van der Waals surface area contributed by atoms with Crippen molar-refractivity contribution in [2.75, 3.05) is 12.4 Å². The van der Waals surface area contributed by atoms with Gasteiger partial charge in [0.15, 0.2) is 0 Å². The van der Waals surface area contributed by atoms with Crippen molar-refractivity contribution < 1.29 is 14.3 Å². The predicted octanol–water partition coefficient (Wildman–Crippen LogP) is 2.61. The summed E-state index contributed by atoms with van der Waals surface area (Å²) in [6.45, 7) is 7.39. The molecule has 112 valence electrons. The summed E-state index contributed by atoms with van der Waals surface area (Å²) >= 11 is 1.36. The molecule has 20 heavy (non-hydrogen) atoms. The molecule has 1 rings (SSSR count). The highest BCUT2D eigenvalue weighted by Crippen LogP contribution is 2.33. The highest BCUT2D eigenvalue weighted by atomic mass is 32.1. The molecule has 0 aliphatic rings. The van der Waals surface area contributed by atoms with E-state index in [0.29, 0.717) is 17.0 Å². The molecule has 0 radical (unpaired) electrons. The molecule has 1 amide bonds. The number of esters is 1. The summed E-state index contributed by atoms with van der Waals surface area (Å²) in [4.78, 5) is 25.0. The number of rotatable bonds is 5. The van der Waals surface area contributed by atoms with Crippen LogP contribution in [0, 0.1) is 13.8 Å². The molecule has 0 saturated carbocycles. The topological polar surface area (TPSA) is 81.4 Å². The van der Waals surface area contributed by atoms with Crippen LogP contribution in [0.3, 0.4) is 0 Å². The number of nitrogens with one attached hydrogen (secondary N) is 1. The third-order valence-electron chi connectivity index (χ3n) is 3.29. The van der Waals surface area contributed by atoms with Crippen LogP contribution in [0.2, 0.25) is 0 Å². The molecule has 6 heteroatoms. The second-order valence-electron chi connectivity index (χ2n) is 5.10. The number of aryl methyl sites for hydroxylation is 1. The lowest BCUT2D eigenvalue weighted by Gasteiger charge is -2.22. The number of nitrogens with two attached hydrogens (primary N) is 1. The fourth-order valence-electron chi connectivity index (χ4n) is 1.94. The number of carbonyl (C=O) groups excluding carboxylic acids is 2.